The van der Waals surface area contributed by atoms with Crippen LogP contribution in [-0.4, -0.2) is 14.8 Å². The lowest BCUT2D eigenvalue weighted by Gasteiger charge is -2.16. The highest BCUT2D eigenvalue weighted by Crippen LogP contribution is 2.29. The first-order valence-electron chi connectivity index (χ1n) is 6.41. The highest BCUT2D eigenvalue weighted by Gasteiger charge is 2.18. The molecule has 1 unspecified atom stereocenters. The summed E-state index contributed by atoms with van der Waals surface area (Å²) >= 11 is 0. The molecule has 1 atom stereocenters. The highest BCUT2D eigenvalue weighted by molar-refractivity contribution is 5.43. The molecule has 0 fully saturated rings. The van der Waals surface area contributed by atoms with E-state index in [0.29, 0.717) is 0 Å². The molecule has 2 rings (SSSR count). The Morgan fingerprint density at radius 3 is 2.83 bits per heavy atom. The Balaban J connectivity index is 2.33. The van der Waals surface area contributed by atoms with Crippen LogP contribution in [0.2, 0.25) is 0 Å². The lowest BCUT2D eigenvalue weighted by molar-refractivity contribution is 0.601. The minimum absolute atomic E-state index is 0.279. The molecule has 0 amide bonds. The van der Waals surface area contributed by atoms with Gasteiger partial charge in [0, 0.05) is 18.7 Å². The standard InChI is InChI=1S/C14H20N4/c1-3-4-8-13(14-17-16-10-18(14)2)11-6-5-7-12(15)9-11/h5-7,9-10,13H,3-4,8,15H2,1-2H3. The third-order valence-electron chi connectivity index (χ3n) is 3.22. The quantitative estimate of drug-likeness (QED) is 0.823. The van der Waals surface area contributed by atoms with Crippen molar-refractivity contribution in [2.24, 2.45) is 7.05 Å². The lowest BCUT2D eigenvalue weighted by atomic mass is 9.92. The minimum Gasteiger partial charge on any atom is -0.399 e. The maximum atomic E-state index is 5.87. The van der Waals surface area contributed by atoms with E-state index < -0.39 is 0 Å². The number of hydrogen-bond donors (Lipinski definition) is 1. The molecular weight excluding hydrogens is 224 g/mol. The van der Waals surface area contributed by atoms with Gasteiger partial charge in [0.2, 0.25) is 0 Å². The highest BCUT2D eigenvalue weighted by atomic mass is 15.2. The molecule has 1 aromatic carbocycles. The first-order valence-corrected chi connectivity index (χ1v) is 6.41. The molecular formula is C14H20N4. The molecule has 0 radical (unpaired) electrons. The molecule has 1 heterocycles. The van der Waals surface area contributed by atoms with Crippen molar-refractivity contribution >= 4 is 5.69 Å². The van der Waals surface area contributed by atoms with Crippen LogP contribution in [0.25, 0.3) is 0 Å². The fourth-order valence-corrected chi connectivity index (χ4v) is 2.24. The number of nitrogen functional groups attached to an aromatic ring is 1. The maximum absolute atomic E-state index is 5.87. The number of aromatic nitrogens is 3. The topological polar surface area (TPSA) is 56.7 Å². The van der Waals surface area contributed by atoms with Crippen LogP contribution in [0.4, 0.5) is 5.69 Å². The molecule has 1 aromatic heterocycles. The van der Waals surface area contributed by atoms with Crippen LogP contribution in [0.5, 0.6) is 0 Å². The molecule has 0 spiro atoms. The molecule has 0 saturated carbocycles. The molecule has 0 saturated heterocycles. The number of anilines is 1. The maximum Gasteiger partial charge on any atom is 0.140 e. The first kappa shape index (κ1) is 12.6. The van der Waals surface area contributed by atoms with Gasteiger partial charge in [-0.3, -0.25) is 0 Å². The Bertz CT molecular complexity index is 504. The second kappa shape index (κ2) is 5.67. The zero-order chi connectivity index (χ0) is 13.0. The predicted molar refractivity (Wildman–Crippen MR) is 73.2 cm³/mol. The fraction of sp³-hybridized carbons (Fsp3) is 0.429. The van der Waals surface area contributed by atoms with E-state index >= 15 is 0 Å². The van der Waals surface area contributed by atoms with E-state index in [1.807, 2.05) is 29.8 Å². The number of aryl methyl sites for hydroxylation is 1. The number of benzene rings is 1. The summed E-state index contributed by atoms with van der Waals surface area (Å²) in [4.78, 5) is 0. The van der Waals surface area contributed by atoms with Gasteiger partial charge >= 0.3 is 0 Å². The van der Waals surface area contributed by atoms with Gasteiger partial charge < -0.3 is 10.3 Å². The summed E-state index contributed by atoms with van der Waals surface area (Å²) in [6.45, 7) is 2.20. The van der Waals surface area contributed by atoms with Crippen LogP contribution in [0.1, 0.15) is 43.5 Å². The Morgan fingerprint density at radius 2 is 2.22 bits per heavy atom. The zero-order valence-corrected chi connectivity index (χ0v) is 11.0. The fourth-order valence-electron chi connectivity index (χ4n) is 2.24. The van der Waals surface area contributed by atoms with Crippen LogP contribution in [0.3, 0.4) is 0 Å². The van der Waals surface area contributed by atoms with E-state index in [-0.39, 0.29) is 5.92 Å². The van der Waals surface area contributed by atoms with Crippen molar-refractivity contribution in [3.8, 4) is 0 Å². The Labute approximate surface area is 108 Å². The van der Waals surface area contributed by atoms with Crippen molar-refractivity contribution in [1.29, 1.82) is 0 Å². The molecule has 0 aliphatic carbocycles. The van der Waals surface area contributed by atoms with Crippen molar-refractivity contribution in [3.05, 3.63) is 42.0 Å². The first-order chi connectivity index (χ1) is 8.72. The third-order valence-corrected chi connectivity index (χ3v) is 3.22. The van der Waals surface area contributed by atoms with Crippen molar-refractivity contribution < 1.29 is 0 Å². The largest absolute Gasteiger partial charge is 0.399 e. The van der Waals surface area contributed by atoms with Gasteiger partial charge in [-0.15, -0.1) is 10.2 Å². The van der Waals surface area contributed by atoms with Crippen molar-refractivity contribution in [1.82, 2.24) is 14.8 Å². The van der Waals surface area contributed by atoms with Crippen molar-refractivity contribution in [3.63, 3.8) is 0 Å². The number of unbranched alkanes of at least 4 members (excludes halogenated alkanes) is 1. The van der Waals surface area contributed by atoms with E-state index in [0.717, 1.165) is 17.9 Å². The SMILES string of the molecule is CCCCC(c1cccc(N)c1)c1nncn1C. The van der Waals surface area contributed by atoms with Gasteiger partial charge in [-0.05, 0) is 24.1 Å². The smallest absolute Gasteiger partial charge is 0.140 e. The van der Waals surface area contributed by atoms with E-state index in [1.54, 1.807) is 6.33 Å². The minimum atomic E-state index is 0.279. The monoisotopic (exact) mass is 244 g/mol. The zero-order valence-electron chi connectivity index (χ0n) is 11.0. The van der Waals surface area contributed by atoms with E-state index in [2.05, 4.69) is 23.2 Å². The Kier molecular flexibility index (Phi) is 3.97. The Hall–Kier alpha value is -1.84. The molecule has 0 aliphatic heterocycles. The second-order valence-electron chi connectivity index (χ2n) is 4.66. The van der Waals surface area contributed by atoms with E-state index in [4.69, 9.17) is 5.73 Å². The summed E-state index contributed by atoms with van der Waals surface area (Å²) < 4.78 is 1.99. The number of rotatable bonds is 5. The number of hydrogen-bond acceptors (Lipinski definition) is 3. The molecule has 0 aliphatic rings. The summed E-state index contributed by atoms with van der Waals surface area (Å²) in [7, 11) is 1.99. The molecule has 4 nitrogen and oxygen atoms in total. The van der Waals surface area contributed by atoms with E-state index in [9.17, 15) is 0 Å². The summed E-state index contributed by atoms with van der Waals surface area (Å²) in [5.74, 6) is 1.29. The van der Waals surface area contributed by atoms with Crippen LogP contribution in [0.15, 0.2) is 30.6 Å². The van der Waals surface area contributed by atoms with Gasteiger partial charge in [-0.1, -0.05) is 31.9 Å². The van der Waals surface area contributed by atoms with Crippen LogP contribution < -0.4 is 5.73 Å². The van der Waals surface area contributed by atoms with Gasteiger partial charge in [0.1, 0.15) is 12.2 Å². The normalized spacial score (nSPS) is 12.6. The van der Waals surface area contributed by atoms with Crippen LogP contribution >= 0.6 is 0 Å². The van der Waals surface area contributed by atoms with Gasteiger partial charge in [-0.2, -0.15) is 0 Å². The van der Waals surface area contributed by atoms with Gasteiger partial charge in [0.25, 0.3) is 0 Å². The number of nitrogens with two attached hydrogens (primary N) is 1. The summed E-state index contributed by atoms with van der Waals surface area (Å²) in [6.07, 6.45) is 5.18. The second-order valence-corrected chi connectivity index (χ2v) is 4.66. The average Bonchev–Trinajstić information content (AvgIpc) is 2.77. The van der Waals surface area contributed by atoms with Gasteiger partial charge in [0.15, 0.2) is 0 Å². The van der Waals surface area contributed by atoms with Gasteiger partial charge in [0.05, 0.1) is 0 Å². The number of nitrogens with zero attached hydrogens (tertiary/aromatic N) is 3. The summed E-state index contributed by atoms with van der Waals surface area (Å²) in [5.41, 5.74) is 7.90. The third kappa shape index (κ3) is 2.70. The summed E-state index contributed by atoms with van der Waals surface area (Å²) in [5, 5.41) is 8.23. The molecule has 2 aromatic rings. The molecule has 2 N–H and O–H groups in total. The van der Waals surface area contributed by atoms with Crippen LogP contribution in [0, 0.1) is 0 Å². The predicted octanol–water partition coefficient (Wildman–Crippen LogP) is 2.72. The molecule has 0 bridgehead atoms. The van der Waals surface area contributed by atoms with Crippen molar-refractivity contribution in [2.45, 2.75) is 32.1 Å². The molecule has 18 heavy (non-hydrogen) atoms. The van der Waals surface area contributed by atoms with Gasteiger partial charge in [-0.25, -0.2) is 0 Å². The van der Waals surface area contributed by atoms with Crippen molar-refractivity contribution in [2.75, 3.05) is 5.73 Å². The van der Waals surface area contributed by atoms with E-state index in [1.165, 1.54) is 18.4 Å². The molecule has 4 heteroatoms. The Morgan fingerprint density at radius 1 is 1.39 bits per heavy atom. The average molecular weight is 244 g/mol. The van der Waals surface area contributed by atoms with Crippen LogP contribution in [-0.2, 0) is 7.05 Å². The molecule has 96 valence electrons. The lowest BCUT2D eigenvalue weighted by Crippen LogP contribution is -2.08. The summed E-state index contributed by atoms with van der Waals surface area (Å²) in [6, 6.07) is 8.07.